The lowest BCUT2D eigenvalue weighted by Gasteiger charge is -2.38. The number of carbonyl (C=O) groups is 1. The smallest absolute Gasteiger partial charge is 0.251 e. The van der Waals surface area contributed by atoms with Crippen LogP contribution in [-0.2, 0) is 10.0 Å². The molecule has 0 aromatic heterocycles. The van der Waals surface area contributed by atoms with E-state index < -0.39 is 15.6 Å². The van der Waals surface area contributed by atoms with Gasteiger partial charge in [-0.1, -0.05) is 6.08 Å². The molecule has 7 nitrogen and oxygen atoms in total. The first-order chi connectivity index (χ1) is 14.5. The van der Waals surface area contributed by atoms with E-state index in [9.17, 15) is 13.2 Å². The molecule has 1 aliphatic heterocycles. The molecule has 0 saturated carbocycles. The van der Waals surface area contributed by atoms with Crippen LogP contribution in [0.1, 0.15) is 42.2 Å². The van der Waals surface area contributed by atoms with Crippen molar-refractivity contribution in [3.8, 4) is 11.5 Å². The Balaban J connectivity index is 1.82. The van der Waals surface area contributed by atoms with Gasteiger partial charge in [-0.2, -0.15) is 0 Å². The van der Waals surface area contributed by atoms with Gasteiger partial charge in [0.2, 0.25) is 10.0 Å². The van der Waals surface area contributed by atoms with Gasteiger partial charge in [0.1, 0.15) is 17.1 Å². The maximum Gasteiger partial charge on any atom is 0.251 e. The topological polar surface area (TPSA) is 84.9 Å². The summed E-state index contributed by atoms with van der Waals surface area (Å²) in [5.41, 5.74) is 1.35. The van der Waals surface area contributed by atoms with Gasteiger partial charge in [0.15, 0.2) is 0 Å². The SMILES string of the molecule is C=CCN(c1ccc(C(=O)NC2CC(C)(C)Oc3cc(OC)ccc32)cc1)S(C)(=O)=O. The van der Waals surface area contributed by atoms with Gasteiger partial charge >= 0.3 is 0 Å². The van der Waals surface area contributed by atoms with Gasteiger partial charge in [0.25, 0.3) is 5.91 Å². The number of ether oxygens (including phenoxy) is 2. The Morgan fingerprint density at radius 1 is 1.29 bits per heavy atom. The van der Waals surface area contributed by atoms with Crippen LogP contribution in [0.4, 0.5) is 5.69 Å². The minimum absolute atomic E-state index is 0.155. The van der Waals surface area contributed by atoms with Crippen LogP contribution >= 0.6 is 0 Å². The third-order valence-electron chi connectivity index (χ3n) is 5.10. The Labute approximate surface area is 183 Å². The van der Waals surface area contributed by atoms with Gasteiger partial charge < -0.3 is 14.8 Å². The van der Waals surface area contributed by atoms with Crippen molar-refractivity contribution in [1.29, 1.82) is 0 Å². The van der Waals surface area contributed by atoms with E-state index in [1.807, 2.05) is 32.0 Å². The second-order valence-corrected chi connectivity index (χ2v) is 10.0. The molecule has 166 valence electrons. The summed E-state index contributed by atoms with van der Waals surface area (Å²) in [5.74, 6) is 1.13. The Morgan fingerprint density at radius 3 is 2.55 bits per heavy atom. The van der Waals surface area contributed by atoms with E-state index in [4.69, 9.17) is 9.47 Å². The average Bonchev–Trinajstić information content (AvgIpc) is 2.70. The molecular formula is C23H28N2O5S. The molecule has 1 aliphatic rings. The fourth-order valence-corrected chi connectivity index (χ4v) is 4.54. The number of nitrogens with zero attached hydrogens (tertiary/aromatic N) is 1. The van der Waals surface area contributed by atoms with E-state index in [0.717, 1.165) is 11.8 Å². The summed E-state index contributed by atoms with van der Waals surface area (Å²) in [7, 11) is -1.85. The molecule has 1 heterocycles. The van der Waals surface area contributed by atoms with Gasteiger partial charge in [0.05, 0.1) is 31.6 Å². The maximum absolute atomic E-state index is 12.9. The molecule has 0 spiro atoms. The zero-order valence-electron chi connectivity index (χ0n) is 18.2. The normalized spacial score (nSPS) is 17.1. The molecular weight excluding hydrogens is 416 g/mol. The molecule has 3 rings (SSSR count). The predicted octanol–water partition coefficient (Wildman–Crippen LogP) is 3.68. The first kappa shape index (κ1) is 22.7. The number of hydrogen-bond donors (Lipinski definition) is 1. The van der Waals surface area contributed by atoms with Crippen molar-refractivity contribution in [2.45, 2.75) is 31.9 Å². The molecule has 1 atom stereocenters. The summed E-state index contributed by atoms with van der Waals surface area (Å²) in [6.07, 6.45) is 3.26. The number of anilines is 1. The number of benzene rings is 2. The van der Waals surface area contributed by atoms with E-state index in [1.54, 1.807) is 31.4 Å². The van der Waals surface area contributed by atoms with E-state index >= 15 is 0 Å². The molecule has 0 saturated heterocycles. The second-order valence-electron chi connectivity index (χ2n) is 8.13. The predicted molar refractivity (Wildman–Crippen MR) is 121 cm³/mol. The minimum Gasteiger partial charge on any atom is -0.497 e. The third-order valence-corrected chi connectivity index (χ3v) is 6.26. The summed E-state index contributed by atoms with van der Waals surface area (Å²) in [6, 6.07) is 11.8. The summed E-state index contributed by atoms with van der Waals surface area (Å²) in [4.78, 5) is 12.9. The zero-order chi connectivity index (χ0) is 22.8. The number of hydrogen-bond acceptors (Lipinski definition) is 5. The zero-order valence-corrected chi connectivity index (χ0v) is 19.0. The molecule has 2 aromatic carbocycles. The van der Waals surface area contributed by atoms with Crippen LogP contribution in [-0.4, -0.2) is 39.8 Å². The highest BCUT2D eigenvalue weighted by atomic mass is 32.2. The Hall–Kier alpha value is -3.00. The fourth-order valence-electron chi connectivity index (χ4n) is 3.66. The van der Waals surface area contributed by atoms with Crippen molar-refractivity contribution in [3.63, 3.8) is 0 Å². The standard InChI is InChI=1S/C23H28N2O5S/c1-6-13-25(31(5,27)28)17-9-7-16(8-10-17)22(26)24-20-15-23(2,3)30-21-14-18(29-4)11-12-19(20)21/h6-12,14,20H,1,13,15H2,2-5H3,(H,24,26). The molecule has 0 bridgehead atoms. The first-order valence-corrected chi connectivity index (χ1v) is 11.8. The Bertz CT molecular complexity index is 1080. The quantitative estimate of drug-likeness (QED) is 0.659. The number of rotatable bonds is 7. The van der Waals surface area contributed by atoms with E-state index in [-0.39, 0.29) is 18.5 Å². The molecule has 1 unspecified atom stereocenters. The van der Waals surface area contributed by atoms with Crippen molar-refractivity contribution in [1.82, 2.24) is 5.32 Å². The number of methoxy groups -OCH3 is 1. The van der Waals surface area contributed by atoms with Gasteiger partial charge in [-0.05, 0) is 50.2 Å². The van der Waals surface area contributed by atoms with Crippen LogP contribution in [0.3, 0.4) is 0 Å². The molecule has 31 heavy (non-hydrogen) atoms. The van der Waals surface area contributed by atoms with Crippen molar-refractivity contribution in [3.05, 3.63) is 66.2 Å². The minimum atomic E-state index is -3.45. The second kappa shape index (κ2) is 8.63. The van der Waals surface area contributed by atoms with Crippen LogP contribution in [0.5, 0.6) is 11.5 Å². The van der Waals surface area contributed by atoms with E-state index in [2.05, 4.69) is 11.9 Å². The van der Waals surface area contributed by atoms with Crippen LogP contribution in [0.25, 0.3) is 0 Å². The average molecular weight is 445 g/mol. The number of fused-ring (bicyclic) bond motifs is 1. The molecule has 1 amide bonds. The van der Waals surface area contributed by atoms with Gasteiger partial charge in [-0.25, -0.2) is 8.42 Å². The Kier molecular flexibility index (Phi) is 6.31. The lowest BCUT2D eigenvalue weighted by molar-refractivity contribution is 0.0617. The first-order valence-electron chi connectivity index (χ1n) is 9.90. The van der Waals surface area contributed by atoms with Gasteiger partial charge in [-0.3, -0.25) is 9.10 Å². The van der Waals surface area contributed by atoms with Crippen molar-refractivity contribution < 1.29 is 22.7 Å². The molecule has 8 heteroatoms. The molecule has 0 aliphatic carbocycles. The van der Waals surface area contributed by atoms with Gasteiger partial charge in [0, 0.05) is 23.6 Å². The molecule has 0 radical (unpaired) electrons. The summed E-state index contributed by atoms with van der Waals surface area (Å²) < 4.78 is 36.6. The van der Waals surface area contributed by atoms with Crippen molar-refractivity contribution in [2.75, 3.05) is 24.2 Å². The molecule has 2 aromatic rings. The molecule has 1 N–H and O–H groups in total. The molecule has 0 fully saturated rings. The third kappa shape index (κ3) is 5.19. The van der Waals surface area contributed by atoms with Crippen LogP contribution < -0.4 is 19.1 Å². The summed E-state index contributed by atoms with van der Waals surface area (Å²) in [5, 5.41) is 3.08. The van der Waals surface area contributed by atoms with E-state index in [0.29, 0.717) is 29.2 Å². The van der Waals surface area contributed by atoms with Crippen molar-refractivity contribution >= 4 is 21.6 Å². The van der Waals surface area contributed by atoms with Crippen LogP contribution in [0.15, 0.2) is 55.1 Å². The largest absolute Gasteiger partial charge is 0.497 e. The van der Waals surface area contributed by atoms with Gasteiger partial charge in [-0.15, -0.1) is 6.58 Å². The monoisotopic (exact) mass is 444 g/mol. The van der Waals surface area contributed by atoms with Crippen LogP contribution in [0, 0.1) is 0 Å². The van der Waals surface area contributed by atoms with Crippen molar-refractivity contribution in [2.24, 2.45) is 0 Å². The number of sulfonamides is 1. The summed E-state index contributed by atoms with van der Waals surface area (Å²) >= 11 is 0. The lowest BCUT2D eigenvalue weighted by Crippen LogP contribution is -2.41. The highest BCUT2D eigenvalue weighted by molar-refractivity contribution is 7.92. The highest BCUT2D eigenvalue weighted by Gasteiger charge is 2.35. The Morgan fingerprint density at radius 2 is 1.97 bits per heavy atom. The fraction of sp³-hybridized carbons (Fsp3) is 0.348. The summed E-state index contributed by atoms with van der Waals surface area (Å²) in [6.45, 7) is 7.71. The van der Waals surface area contributed by atoms with E-state index in [1.165, 1.54) is 10.4 Å². The highest BCUT2D eigenvalue weighted by Crippen LogP contribution is 2.41. The number of carbonyl (C=O) groups excluding carboxylic acids is 1. The maximum atomic E-state index is 12.9. The van der Waals surface area contributed by atoms with Crippen LogP contribution in [0.2, 0.25) is 0 Å². The lowest BCUT2D eigenvalue weighted by atomic mass is 9.89. The number of nitrogens with one attached hydrogen (secondary N) is 1. The number of amides is 1.